The van der Waals surface area contributed by atoms with Crippen LogP contribution in [-0.4, -0.2) is 23.2 Å². The summed E-state index contributed by atoms with van der Waals surface area (Å²) in [5.74, 6) is 0.679. The van der Waals surface area contributed by atoms with Crippen LogP contribution in [0.1, 0.15) is 5.56 Å². The monoisotopic (exact) mass is 238 g/mol. The summed E-state index contributed by atoms with van der Waals surface area (Å²) >= 11 is 6.09. The molecule has 86 valence electrons. The summed E-state index contributed by atoms with van der Waals surface area (Å²) in [6.45, 7) is 8.61. The fourth-order valence-corrected chi connectivity index (χ4v) is 1.66. The normalized spacial score (nSPS) is 9.88. The van der Waals surface area contributed by atoms with Crippen LogP contribution in [-0.2, 0) is 6.61 Å². The van der Waals surface area contributed by atoms with Crippen molar-refractivity contribution in [3.05, 3.63) is 48.2 Å². The van der Waals surface area contributed by atoms with Gasteiger partial charge in [0.2, 0.25) is 0 Å². The van der Waals surface area contributed by atoms with E-state index in [2.05, 4.69) is 18.1 Å². The molecule has 1 rings (SSSR count). The fourth-order valence-electron chi connectivity index (χ4n) is 1.35. The second-order valence-electron chi connectivity index (χ2n) is 3.29. The molecule has 1 N–H and O–H groups in total. The number of aliphatic hydroxyl groups excluding tert-OH is 1. The van der Waals surface area contributed by atoms with Crippen LogP contribution >= 0.6 is 11.6 Å². The number of rotatable bonds is 6. The Kier molecular flexibility index (Phi) is 5.02. The Morgan fingerprint density at radius 1 is 1.38 bits per heavy atom. The average Bonchev–Trinajstić information content (AvgIpc) is 2.29. The van der Waals surface area contributed by atoms with Crippen LogP contribution < -0.4 is 4.90 Å². The molecule has 0 aliphatic rings. The molecule has 0 aliphatic carbocycles. The molecule has 0 fully saturated rings. The highest BCUT2D eigenvalue weighted by Gasteiger charge is 2.09. The molecule has 0 saturated carbocycles. The number of halogens is 1. The van der Waals surface area contributed by atoms with E-state index in [1.807, 2.05) is 4.90 Å². The minimum absolute atomic E-state index is 0.0596. The van der Waals surface area contributed by atoms with Crippen molar-refractivity contribution in [2.75, 3.05) is 18.0 Å². The number of aromatic nitrogens is 1. The predicted molar refractivity (Wildman–Crippen MR) is 67.8 cm³/mol. The van der Waals surface area contributed by atoms with Gasteiger partial charge in [0.25, 0.3) is 0 Å². The molecule has 0 bridgehead atoms. The van der Waals surface area contributed by atoms with Crippen LogP contribution in [0.4, 0.5) is 5.82 Å². The van der Waals surface area contributed by atoms with Gasteiger partial charge in [-0.25, -0.2) is 4.98 Å². The third-order valence-corrected chi connectivity index (χ3v) is 2.34. The minimum atomic E-state index is -0.0596. The largest absolute Gasteiger partial charge is 0.392 e. The number of hydrogen-bond donors (Lipinski definition) is 1. The Hall–Kier alpha value is -1.32. The SMILES string of the molecule is C=CCN(CC=C)c1ncc(CO)cc1Cl. The van der Waals surface area contributed by atoms with E-state index < -0.39 is 0 Å². The van der Waals surface area contributed by atoms with Crippen LogP contribution in [0.3, 0.4) is 0 Å². The zero-order valence-electron chi connectivity index (χ0n) is 9.06. The van der Waals surface area contributed by atoms with Crippen LogP contribution in [0.5, 0.6) is 0 Å². The smallest absolute Gasteiger partial charge is 0.147 e. The summed E-state index contributed by atoms with van der Waals surface area (Å²) in [7, 11) is 0. The summed E-state index contributed by atoms with van der Waals surface area (Å²) in [5, 5.41) is 9.48. The van der Waals surface area contributed by atoms with Gasteiger partial charge in [-0.1, -0.05) is 23.8 Å². The Labute approximate surface area is 101 Å². The second-order valence-corrected chi connectivity index (χ2v) is 3.70. The van der Waals surface area contributed by atoms with E-state index in [0.29, 0.717) is 29.5 Å². The summed E-state index contributed by atoms with van der Waals surface area (Å²) < 4.78 is 0. The van der Waals surface area contributed by atoms with E-state index in [0.717, 1.165) is 0 Å². The average molecular weight is 239 g/mol. The van der Waals surface area contributed by atoms with E-state index in [4.69, 9.17) is 16.7 Å². The molecule has 0 atom stereocenters. The van der Waals surface area contributed by atoms with Gasteiger partial charge in [0.05, 0.1) is 11.6 Å². The molecule has 4 heteroatoms. The van der Waals surface area contributed by atoms with E-state index in [1.165, 1.54) is 0 Å². The number of pyridine rings is 1. The molecule has 0 spiro atoms. The van der Waals surface area contributed by atoms with Gasteiger partial charge in [-0.15, -0.1) is 13.2 Å². The highest BCUT2D eigenvalue weighted by atomic mass is 35.5. The number of nitrogens with zero attached hydrogens (tertiary/aromatic N) is 2. The molecular formula is C12H15ClN2O. The molecule has 0 aromatic carbocycles. The lowest BCUT2D eigenvalue weighted by Gasteiger charge is -2.21. The third kappa shape index (κ3) is 3.08. The van der Waals surface area contributed by atoms with Gasteiger partial charge in [-0.2, -0.15) is 0 Å². The fraction of sp³-hybridized carbons (Fsp3) is 0.250. The van der Waals surface area contributed by atoms with Crippen LogP contribution in [0.25, 0.3) is 0 Å². The Morgan fingerprint density at radius 3 is 2.44 bits per heavy atom. The van der Waals surface area contributed by atoms with Crippen molar-refractivity contribution in [2.24, 2.45) is 0 Å². The minimum Gasteiger partial charge on any atom is -0.392 e. The van der Waals surface area contributed by atoms with Gasteiger partial charge in [0.1, 0.15) is 5.82 Å². The molecule has 1 aromatic heterocycles. The van der Waals surface area contributed by atoms with Crippen molar-refractivity contribution in [3.8, 4) is 0 Å². The molecule has 3 nitrogen and oxygen atoms in total. The van der Waals surface area contributed by atoms with Crippen LogP contribution in [0, 0.1) is 0 Å². The first-order valence-electron chi connectivity index (χ1n) is 4.95. The number of hydrogen-bond acceptors (Lipinski definition) is 3. The van der Waals surface area contributed by atoms with Gasteiger partial charge in [-0.05, 0) is 11.6 Å². The molecule has 0 radical (unpaired) electrons. The highest BCUT2D eigenvalue weighted by Crippen LogP contribution is 2.24. The van der Waals surface area contributed by atoms with Gasteiger partial charge < -0.3 is 10.0 Å². The maximum atomic E-state index is 8.95. The van der Waals surface area contributed by atoms with Gasteiger partial charge in [-0.3, -0.25) is 0 Å². The Morgan fingerprint density at radius 2 is 2.00 bits per heavy atom. The van der Waals surface area contributed by atoms with Crippen LogP contribution in [0.15, 0.2) is 37.6 Å². The van der Waals surface area contributed by atoms with Crippen LogP contribution in [0.2, 0.25) is 5.02 Å². The topological polar surface area (TPSA) is 36.4 Å². The van der Waals surface area contributed by atoms with E-state index in [9.17, 15) is 0 Å². The van der Waals surface area contributed by atoms with Gasteiger partial charge >= 0.3 is 0 Å². The number of aliphatic hydroxyl groups is 1. The van der Waals surface area contributed by atoms with E-state index in [1.54, 1.807) is 24.4 Å². The first-order valence-corrected chi connectivity index (χ1v) is 5.32. The van der Waals surface area contributed by atoms with Crippen molar-refractivity contribution in [1.29, 1.82) is 0 Å². The second kappa shape index (κ2) is 6.30. The maximum absolute atomic E-state index is 8.95. The lowest BCUT2D eigenvalue weighted by molar-refractivity contribution is 0.281. The molecule has 16 heavy (non-hydrogen) atoms. The van der Waals surface area contributed by atoms with Crippen molar-refractivity contribution >= 4 is 17.4 Å². The van der Waals surface area contributed by atoms with Gasteiger partial charge in [0, 0.05) is 19.3 Å². The lowest BCUT2D eigenvalue weighted by Crippen LogP contribution is -2.24. The van der Waals surface area contributed by atoms with Crippen molar-refractivity contribution < 1.29 is 5.11 Å². The highest BCUT2D eigenvalue weighted by molar-refractivity contribution is 6.33. The number of anilines is 1. The van der Waals surface area contributed by atoms with Crippen molar-refractivity contribution in [1.82, 2.24) is 4.98 Å². The molecule has 0 saturated heterocycles. The van der Waals surface area contributed by atoms with E-state index >= 15 is 0 Å². The van der Waals surface area contributed by atoms with Crippen molar-refractivity contribution in [2.45, 2.75) is 6.61 Å². The van der Waals surface area contributed by atoms with Gasteiger partial charge in [0.15, 0.2) is 0 Å². The molecule has 0 unspecified atom stereocenters. The first-order chi connectivity index (χ1) is 7.72. The summed E-state index contributed by atoms with van der Waals surface area (Å²) in [6, 6.07) is 1.71. The zero-order valence-corrected chi connectivity index (χ0v) is 9.82. The van der Waals surface area contributed by atoms with E-state index in [-0.39, 0.29) is 6.61 Å². The standard InChI is InChI=1S/C12H15ClN2O/c1-3-5-15(6-4-2)12-11(13)7-10(9-16)8-14-12/h3-4,7-8,16H,1-2,5-6,9H2. The molecule has 0 aliphatic heterocycles. The molecule has 1 aromatic rings. The molecule has 0 amide bonds. The van der Waals surface area contributed by atoms with Crippen molar-refractivity contribution in [3.63, 3.8) is 0 Å². The summed E-state index contributed by atoms with van der Waals surface area (Å²) in [5.41, 5.74) is 0.700. The molecule has 1 heterocycles. The quantitative estimate of drug-likeness (QED) is 0.774. The Balaban J connectivity index is 2.99. The maximum Gasteiger partial charge on any atom is 0.147 e. The molecular weight excluding hydrogens is 224 g/mol. The zero-order chi connectivity index (χ0) is 12.0. The first kappa shape index (κ1) is 12.7. The summed E-state index contributed by atoms with van der Waals surface area (Å²) in [4.78, 5) is 6.17. The predicted octanol–water partition coefficient (Wildman–Crippen LogP) is 2.41. The Bertz CT molecular complexity index is 369. The third-order valence-electron chi connectivity index (χ3n) is 2.06. The summed E-state index contributed by atoms with van der Waals surface area (Å²) in [6.07, 6.45) is 5.17. The lowest BCUT2D eigenvalue weighted by atomic mass is 10.3.